The predicted octanol–water partition coefficient (Wildman–Crippen LogP) is 4.67. The van der Waals surface area contributed by atoms with Gasteiger partial charge in [-0.05, 0) is 88.7 Å². The Morgan fingerprint density at radius 1 is 1.21 bits per heavy atom. The van der Waals surface area contributed by atoms with Gasteiger partial charge in [0.1, 0.15) is 11.6 Å². The van der Waals surface area contributed by atoms with Crippen molar-refractivity contribution in [2.45, 2.75) is 39.7 Å². The molecule has 0 spiro atoms. The zero-order valence-electron chi connectivity index (χ0n) is 17.1. The van der Waals surface area contributed by atoms with E-state index in [1.165, 1.54) is 12.1 Å². The van der Waals surface area contributed by atoms with E-state index >= 15 is 0 Å². The fourth-order valence-corrected chi connectivity index (χ4v) is 4.05. The van der Waals surface area contributed by atoms with E-state index in [4.69, 9.17) is 4.98 Å². The Hall–Kier alpha value is -2.73. The number of carbonyl (C=O) groups excluding carboxylic acids is 1. The summed E-state index contributed by atoms with van der Waals surface area (Å²) in [5.41, 5.74) is 4.33. The average molecular weight is 394 g/mol. The van der Waals surface area contributed by atoms with Crippen LogP contribution in [0, 0.1) is 18.7 Å². The van der Waals surface area contributed by atoms with Crippen LogP contribution in [0.3, 0.4) is 0 Å². The maximum Gasteiger partial charge on any atom is 0.227 e. The van der Waals surface area contributed by atoms with E-state index in [1.54, 1.807) is 6.07 Å². The van der Waals surface area contributed by atoms with Crippen LogP contribution < -0.4 is 10.6 Å². The molecule has 0 saturated carbocycles. The first-order valence-electron chi connectivity index (χ1n) is 10.2. The molecule has 1 aliphatic rings. The third-order valence-electron chi connectivity index (χ3n) is 5.62. The smallest absolute Gasteiger partial charge is 0.227 e. The first-order valence-corrected chi connectivity index (χ1v) is 10.2. The highest BCUT2D eigenvalue weighted by Crippen LogP contribution is 2.31. The van der Waals surface area contributed by atoms with Crippen molar-refractivity contribution in [3.63, 3.8) is 0 Å². The number of hydrogen-bond acceptors (Lipinski definition) is 3. The van der Waals surface area contributed by atoms with Crippen molar-refractivity contribution in [3.8, 4) is 11.4 Å². The number of carbonyl (C=O) groups is 1. The second-order valence-electron chi connectivity index (χ2n) is 8.08. The summed E-state index contributed by atoms with van der Waals surface area (Å²) in [5.74, 6) is 0.695. The molecular weight excluding hydrogens is 367 g/mol. The summed E-state index contributed by atoms with van der Waals surface area (Å²) in [6.45, 7) is 7.90. The third kappa shape index (κ3) is 3.90. The SMILES string of the molecule is Cc1cc(-c2nc3ccc(F)cc3n2C(C)C)ccc1NC(=O)C1CCNCC1. The highest BCUT2D eigenvalue weighted by Gasteiger charge is 2.22. The summed E-state index contributed by atoms with van der Waals surface area (Å²) in [5, 5.41) is 6.37. The van der Waals surface area contributed by atoms with Gasteiger partial charge in [-0.15, -0.1) is 0 Å². The Morgan fingerprint density at radius 3 is 2.66 bits per heavy atom. The molecule has 0 unspecified atom stereocenters. The lowest BCUT2D eigenvalue weighted by Gasteiger charge is -2.22. The molecule has 1 saturated heterocycles. The van der Waals surface area contributed by atoms with Gasteiger partial charge in [0.15, 0.2) is 0 Å². The van der Waals surface area contributed by atoms with Crippen LogP contribution >= 0.6 is 0 Å². The van der Waals surface area contributed by atoms with Gasteiger partial charge in [0.2, 0.25) is 5.91 Å². The van der Waals surface area contributed by atoms with Crippen molar-refractivity contribution < 1.29 is 9.18 Å². The summed E-state index contributed by atoms with van der Waals surface area (Å²) in [6.07, 6.45) is 1.75. The zero-order valence-corrected chi connectivity index (χ0v) is 17.1. The van der Waals surface area contributed by atoms with Gasteiger partial charge in [0.05, 0.1) is 11.0 Å². The van der Waals surface area contributed by atoms with E-state index in [1.807, 2.05) is 25.1 Å². The van der Waals surface area contributed by atoms with Gasteiger partial charge < -0.3 is 15.2 Å². The first kappa shape index (κ1) is 19.6. The van der Waals surface area contributed by atoms with E-state index in [9.17, 15) is 9.18 Å². The number of benzene rings is 2. The fourth-order valence-electron chi connectivity index (χ4n) is 4.05. The Labute approximate surface area is 170 Å². The molecule has 2 N–H and O–H groups in total. The van der Waals surface area contributed by atoms with Crippen molar-refractivity contribution in [1.29, 1.82) is 0 Å². The number of piperidine rings is 1. The van der Waals surface area contributed by atoms with Crippen LogP contribution in [0.2, 0.25) is 0 Å². The summed E-state index contributed by atoms with van der Waals surface area (Å²) in [6, 6.07) is 10.8. The number of fused-ring (bicyclic) bond motifs is 1. The van der Waals surface area contributed by atoms with Crippen LogP contribution in [0.15, 0.2) is 36.4 Å². The lowest BCUT2D eigenvalue weighted by molar-refractivity contribution is -0.120. The van der Waals surface area contributed by atoms with Crippen LogP contribution in [-0.4, -0.2) is 28.5 Å². The predicted molar refractivity (Wildman–Crippen MR) is 114 cm³/mol. The van der Waals surface area contributed by atoms with Crippen molar-refractivity contribution >= 4 is 22.6 Å². The Kier molecular flexibility index (Phi) is 5.37. The molecule has 0 aliphatic carbocycles. The summed E-state index contributed by atoms with van der Waals surface area (Å²) >= 11 is 0. The molecule has 6 heteroatoms. The number of aryl methyl sites for hydroxylation is 1. The molecule has 3 aromatic rings. The molecule has 5 nitrogen and oxygen atoms in total. The molecule has 29 heavy (non-hydrogen) atoms. The van der Waals surface area contributed by atoms with Gasteiger partial charge in [0, 0.05) is 23.2 Å². The van der Waals surface area contributed by atoms with E-state index in [0.717, 1.165) is 59.6 Å². The minimum absolute atomic E-state index is 0.0651. The molecule has 0 radical (unpaired) electrons. The van der Waals surface area contributed by atoms with Crippen molar-refractivity contribution in [1.82, 2.24) is 14.9 Å². The van der Waals surface area contributed by atoms with Gasteiger partial charge in [-0.3, -0.25) is 4.79 Å². The number of rotatable bonds is 4. The monoisotopic (exact) mass is 394 g/mol. The van der Waals surface area contributed by atoms with E-state index in [0.29, 0.717) is 0 Å². The summed E-state index contributed by atoms with van der Waals surface area (Å²) in [4.78, 5) is 17.3. The molecular formula is C23H27FN4O. The fraction of sp³-hybridized carbons (Fsp3) is 0.391. The van der Waals surface area contributed by atoms with Crippen LogP contribution in [-0.2, 0) is 4.79 Å². The maximum atomic E-state index is 13.8. The van der Waals surface area contributed by atoms with Crippen LogP contribution in [0.1, 0.15) is 38.3 Å². The second kappa shape index (κ2) is 7.95. The highest BCUT2D eigenvalue weighted by atomic mass is 19.1. The Balaban J connectivity index is 1.66. The van der Waals surface area contributed by atoms with Crippen LogP contribution in [0.4, 0.5) is 10.1 Å². The van der Waals surface area contributed by atoms with E-state index < -0.39 is 0 Å². The van der Waals surface area contributed by atoms with Gasteiger partial charge in [-0.1, -0.05) is 0 Å². The van der Waals surface area contributed by atoms with Crippen molar-refractivity contribution in [2.24, 2.45) is 5.92 Å². The van der Waals surface area contributed by atoms with Crippen molar-refractivity contribution in [3.05, 3.63) is 47.8 Å². The normalized spacial score (nSPS) is 15.2. The van der Waals surface area contributed by atoms with Crippen LogP contribution in [0.5, 0.6) is 0 Å². The number of halogens is 1. The maximum absolute atomic E-state index is 13.8. The van der Waals surface area contributed by atoms with Crippen LogP contribution in [0.25, 0.3) is 22.4 Å². The number of anilines is 1. The summed E-state index contributed by atoms with van der Waals surface area (Å²) < 4.78 is 15.9. The lowest BCUT2D eigenvalue weighted by Crippen LogP contribution is -2.34. The minimum atomic E-state index is -0.266. The average Bonchev–Trinajstić information content (AvgIpc) is 3.09. The molecule has 1 aliphatic heterocycles. The Bertz CT molecular complexity index is 1050. The van der Waals surface area contributed by atoms with Gasteiger partial charge in [0.25, 0.3) is 0 Å². The summed E-state index contributed by atoms with van der Waals surface area (Å²) in [7, 11) is 0. The molecule has 4 rings (SSSR count). The molecule has 2 heterocycles. The number of imidazole rings is 1. The molecule has 152 valence electrons. The largest absolute Gasteiger partial charge is 0.326 e. The second-order valence-corrected chi connectivity index (χ2v) is 8.08. The Morgan fingerprint density at radius 2 is 1.97 bits per heavy atom. The first-order chi connectivity index (χ1) is 13.9. The minimum Gasteiger partial charge on any atom is -0.326 e. The standard InChI is InChI=1S/C23H27FN4O/c1-14(2)28-21-13-18(24)5-7-20(21)26-22(28)17-4-6-19(15(3)12-17)27-23(29)16-8-10-25-11-9-16/h4-7,12-14,16,25H,8-11H2,1-3H3,(H,27,29). The van der Waals surface area contributed by atoms with Crippen molar-refractivity contribution in [2.75, 3.05) is 18.4 Å². The molecule has 2 aromatic carbocycles. The molecule has 1 amide bonds. The molecule has 0 atom stereocenters. The van der Waals surface area contributed by atoms with E-state index in [2.05, 4.69) is 29.0 Å². The number of nitrogens with zero attached hydrogens (tertiary/aromatic N) is 2. The van der Waals surface area contributed by atoms with Gasteiger partial charge in [-0.25, -0.2) is 9.37 Å². The van der Waals surface area contributed by atoms with Gasteiger partial charge in [-0.2, -0.15) is 0 Å². The number of amides is 1. The number of nitrogens with one attached hydrogen (secondary N) is 2. The highest BCUT2D eigenvalue weighted by molar-refractivity contribution is 5.93. The van der Waals surface area contributed by atoms with Gasteiger partial charge >= 0.3 is 0 Å². The topological polar surface area (TPSA) is 59.0 Å². The number of hydrogen-bond donors (Lipinski definition) is 2. The third-order valence-corrected chi connectivity index (χ3v) is 5.62. The quantitative estimate of drug-likeness (QED) is 0.676. The molecule has 1 aromatic heterocycles. The molecule has 0 bridgehead atoms. The lowest BCUT2D eigenvalue weighted by atomic mass is 9.97. The zero-order chi connectivity index (χ0) is 20.5. The number of aromatic nitrogens is 2. The molecule has 1 fully saturated rings. The van der Waals surface area contributed by atoms with E-state index in [-0.39, 0.29) is 23.7 Å².